The van der Waals surface area contributed by atoms with Gasteiger partial charge in [0.05, 0.1) is 13.2 Å². The Morgan fingerprint density at radius 2 is 1.62 bits per heavy atom. The molecule has 1 aliphatic rings. The molecule has 1 N–H and O–H groups in total. The lowest BCUT2D eigenvalue weighted by Crippen LogP contribution is -2.12. The molecule has 3 rings (SSSR count). The molecule has 0 bridgehead atoms. The van der Waals surface area contributed by atoms with E-state index < -0.39 is 6.10 Å². The minimum atomic E-state index is -0.819. The summed E-state index contributed by atoms with van der Waals surface area (Å²) in [5, 5.41) is 10.4. The monoisotopic (exact) mass is 288 g/mol. The molecular formula is C17H17FO3. The van der Waals surface area contributed by atoms with Gasteiger partial charge in [-0.25, -0.2) is 4.39 Å². The van der Waals surface area contributed by atoms with Crippen LogP contribution in [0, 0.1) is 11.7 Å². The van der Waals surface area contributed by atoms with E-state index in [1.165, 1.54) is 12.1 Å². The van der Waals surface area contributed by atoms with Gasteiger partial charge in [0.2, 0.25) is 0 Å². The van der Waals surface area contributed by atoms with Crippen molar-refractivity contribution in [3.05, 3.63) is 59.4 Å². The molecule has 0 spiro atoms. The Balaban J connectivity index is 1.88. The lowest BCUT2D eigenvalue weighted by Gasteiger charge is -2.14. The van der Waals surface area contributed by atoms with Gasteiger partial charge in [-0.15, -0.1) is 0 Å². The van der Waals surface area contributed by atoms with E-state index in [-0.39, 0.29) is 5.82 Å². The van der Waals surface area contributed by atoms with Gasteiger partial charge < -0.3 is 14.6 Å². The standard InChI is InChI=1S/C17H17FO3/c1-11-9-20-15-7-4-13(8-16(15)21-10-11)17(19)12-2-5-14(18)6-3-12/h2-8,11,17,19H,9-10H2,1H3. The summed E-state index contributed by atoms with van der Waals surface area (Å²) in [7, 11) is 0. The fourth-order valence-electron chi connectivity index (χ4n) is 2.28. The number of aliphatic hydroxyl groups excluding tert-OH is 1. The number of ether oxygens (including phenoxy) is 2. The van der Waals surface area contributed by atoms with Gasteiger partial charge >= 0.3 is 0 Å². The van der Waals surface area contributed by atoms with Crippen LogP contribution < -0.4 is 9.47 Å². The van der Waals surface area contributed by atoms with Crippen LogP contribution in [-0.2, 0) is 0 Å². The molecule has 0 amide bonds. The molecule has 110 valence electrons. The maximum Gasteiger partial charge on any atom is 0.161 e. The van der Waals surface area contributed by atoms with Crippen LogP contribution in [0.1, 0.15) is 24.2 Å². The zero-order chi connectivity index (χ0) is 14.8. The number of halogens is 1. The minimum absolute atomic E-state index is 0.321. The van der Waals surface area contributed by atoms with Crippen molar-refractivity contribution in [3.8, 4) is 11.5 Å². The molecule has 0 saturated carbocycles. The van der Waals surface area contributed by atoms with Gasteiger partial charge in [0.25, 0.3) is 0 Å². The van der Waals surface area contributed by atoms with Crippen molar-refractivity contribution in [1.29, 1.82) is 0 Å². The van der Waals surface area contributed by atoms with Gasteiger partial charge in [-0.2, -0.15) is 0 Å². The van der Waals surface area contributed by atoms with Crippen molar-refractivity contribution >= 4 is 0 Å². The number of benzene rings is 2. The van der Waals surface area contributed by atoms with Crippen LogP contribution in [0.25, 0.3) is 0 Å². The minimum Gasteiger partial charge on any atom is -0.489 e. The van der Waals surface area contributed by atoms with Crippen LogP contribution >= 0.6 is 0 Å². The third-order valence-electron chi connectivity index (χ3n) is 3.52. The average molecular weight is 288 g/mol. The van der Waals surface area contributed by atoms with Crippen LogP contribution in [-0.4, -0.2) is 18.3 Å². The van der Waals surface area contributed by atoms with Gasteiger partial charge in [0, 0.05) is 5.92 Å². The lowest BCUT2D eigenvalue weighted by atomic mass is 10.0. The largest absolute Gasteiger partial charge is 0.489 e. The predicted molar refractivity (Wildman–Crippen MR) is 77.1 cm³/mol. The SMILES string of the molecule is CC1COc2ccc(C(O)c3ccc(F)cc3)cc2OC1. The maximum atomic E-state index is 12.9. The zero-order valence-electron chi connectivity index (χ0n) is 11.8. The van der Waals surface area contributed by atoms with E-state index in [1.807, 2.05) is 0 Å². The van der Waals surface area contributed by atoms with E-state index in [0.29, 0.717) is 41.8 Å². The molecular weight excluding hydrogens is 271 g/mol. The second-order valence-electron chi connectivity index (χ2n) is 5.39. The summed E-state index contributed by atoms with van der Waals surface area (Å²) in [6.07, 6.45) is -0.819. The summed E-state index contributed by atoms with van der Waals surface area (Å²) >= 11 is 0. The fraction of sp³-hybridized carbons (Fsp3) is 0.294. The molecule has 0 aromatic heterocycles. The molecule has 2 aromatic carbocycles. The van der Waals surface area contributed by atoms with E-state index in [0.717, 1.165) is 0 Å². The maximum absolute atomic E-state index is 12.9. The van der Waals surface area contributed by atoms with Crippen LogP contribution in [0.15, 0.2) is 42.5 Å². The Morgan fingerprint density at radius 1 is 1.00 bits per heavy atom. The van der Waals surface area contributed by atoms with E-state index in [9.17, 15) is 9.50 Å². The molecule has 21 heavy (non-hydrogen) atoms. The van der Waals surface area contributed by atoms with Gasteiger partial charge in [-0.1, -0.05) is 25.1 Å². The van der Waals surface area contributed by atoms with Crippen molar-refractivity contribution in [1.82, 2.24) is 0 Å². The Bertz CT molecular complexity index is 624. The topological polar surface area (TPSA) is 38.7 Å². The van der Waals surface area contributed by atoms with Crippen LogP contribution in [0.5, 0.6) is 11.5 Å². The van der Waals surface area contributed by atoms with Crippen molar-refractivity contribution in [2.24, 2.45) is 5.92 Å². The van der Waals surface area contributed by atoms with Crippen molar-refractivity contribution in [3.63, 3.8) is 0 Å². The molecule has 1 heterocycles. The van der Waals surface area contributed by atoms with E-state index >= 15 is 0 Å². The highest BCUT2D eigenvalue weighted by molar-refractivity contribution is 5.45. The van der Waals surface area contributed by atoms with E-state index in [4.69, 9.17) is 9.47 Å². The molecule has 1 aliphatic heterocycles. The third kappa shape index (κ3) is 3.00. The summed E-state index contributed by atoms with van der Waals surface area (Å²) in [6, 6.07) is 11.2. The highest BCUT2D eigenvalue weighted by Gasteiger charge is 2.18. The number of rotatable bonds is 2. The Hall–Kier alpha value is -2.07. The predicted octanol–water partition coefficient (Wildman–Crippen LogP) is 3.31. The van der Waals surface area contributed by atoms with Gasteiger partial charge in [-0.3, -0.25) is 0 Å². The molecule has 2 atom stereocenters. The van der Waals surface area contributed by atoms with Crippen molar-refractivity contribution in [2.75, 3.05) is 13.2 Å². The molecule has 3 nitrogen and oxygen atoms in total. The average Bonchev–Trinajstić information content (AvgIpc) is 2.69. The van der Waals surface area contributed by atoms with Gasteiger partial charge in [0.15, 0.2) is 11.5 Å². The first kappa shape index (κ1) is 13.9. The Labute approximate surface area is 122 Å². The Morgan fingerprint density at radius 3 is 2.33 bits per heavy atom. The van der Waals surface area contributed by atoms with E-state index in [1.54, 1.807) is 30.3 Å². The molecule has 2 aromatic rings. The van der Waals surface area contributed by atoms with Gasteiger partial charge in [0.1, 0.15) is 11.9 Å². The second kappa shape index (κ2) is 5.74. The van der Waals surface area contributed by atoms with Crippen LogP contribution in [0.2, 0.25) is 0 Å². The normalized spacial score (nSPS) is 18.9. The first-order valence-corrected chi connectivity index (χ1v) is 6.96. The smallest absolute Gasteiger partial charge is 0.161 e. The molecule has 0 fully saturated rings. The molecule has 0 aliphatic carbocycles. The van der Waals surface area contributed by atoms with Crippen LogP contribution in [0.3, 0.4) is 0 Å². The van der Waals surface area contributed by atoms with Crippen molar-refractivity contribution < 1.29 is 19.0 Å². The van der Waals surface area contributed by atoms with E-state index in [2.05, 4.69) is 6.92 Å². The molecule has 4 heteroatoms. The second-order valence-corrected chi connectivity index (χ2v) is 5.39. The summed E-state index contributed by atoms with van der Waals surface area (Å²) in [4.78, 5) is 0. The molecule has 2 unspecified atom stereocenters. The number of hydrogen-bond acceptors (Lipinski definition) is 3. The number of fused-ring (bicyclic) bond motifs is 1. The zero-order valence-corrected chi connectivity index (χ0v) is 11.8. The first-order valence-electron chi connectivity index (χ1n) is 6.96. The summed E-state index contributed by atoms with van der Waals surface area (Å²) in [5.41, 5.74) is 1.33. The highest BCUT2D eigenvalue weighted by atomic mass is 19.1. The van der Waals surface area contributed by atoms with Gasteiger partial charge in [-0.05, 0) is 35.4 Å². The number of aliphatic hydroxyl groups is 1. The first-order chi connectivity index (χ1) is 10.1. The molecule has 0 saturated heterocycles. The van der Waals surface area contributed by atoms with Crippen molar-refractivity contribution in [2.45, 2.75) is 13.0 Å². The lowest BCUT2D eigenvalue weighted by molar-refractivity contribution is 0.218. The van der Waals surface area contributed by atoms with Crippen LogP contribution in [0.4, 0.5) is 4.39 Å². The molecule has 0 radical (unpaired) electrons. The third-order valence-corrected chi connectivity index (χ3v) is 3.52. The fourth-order valence-corrected chi connectivity index (χ4v) is 2.28. The quantitative estimate of drug-likeness (QED) is 0.921. The number of hydrogen-bond donors (Lipinski definition) is 1. The summed E-state index contributed by atoms with van der Waals surface area (Å²) < 4.78 is 24.3. The summed E-state index contributed by atoms with van der Waals surface area (Å²) in [6.45, 7) is 3.26. The summed E-state index contributed by atoms with van der Waals surface area (Å²) in [5.74, 6) is 1.33. The Kier molecular flexibility index (Phi) is 3.80. The highest BCUT2D eigenvalue weighted by Crippen LogP contribution is 2.34.